The molecule has 2 aromatic heterocycles. The van der Waals surface area contributed by atoms with Crippen LogP contribution >= 0.6 is 0 Å². The van der Waals surface area contributed by atoms with Crippen molar-refractivity contribution in [2.45, 2.75) is 6.92 Å². The fourth-order valence-corrected chi connectivity index (χ4v) is 1.13. The summed E-state index contributed by atoms with van der Waals surface area (Å²) in [5.74, 6) is 0. The van der Waals surface area contributed by atoms with Crippen molar-refractivity contribution < 1.29 is 0 Å². The molecule has 0 unspecified atom stereocenters. The number of rotatable bonds is 0. The summed E-state index contributed by atoms with van der Waals surface area (Å²) in [7, 11) is 1.88. The molecule has 2 heterocycles. The van der Waals surface area contributed by atoms with Crippen molar-refractivity contribution in [3.05, 3.63) is 17.8 Å². The third-order valence-corrected chi connectivity index (χ3v) is 1.61. The van der Waals surface area contributed by atoms with Gasteiger partial charge in [0.25, 0.3) is 0 Å². The van der Waals surface area contributed by atoms with Gasteiger partial charge in [-0.15, -0.1) is 0 Å². The number of tetrazole rings is 1. The summed E-state index contributed by atoms with van der Waals surface area (Å²) in [6.07, 6.45) is 1.90. The van der Waals surface area contributed by atoms with Crippen LogP contribution in [0.1, 0.15) is 5.56 Å². The lowest BCUT2D eigenvalue weighted by atomic mass is 10.4. The number of hydrogen-bond acceptors (Lipinski definition) is 2. The Bertz CT molecular complexity index is 325. The fraction of sp³-hybridized carbons (Fsp3) is 0.333. The molecular formula is C6H8N4. The van der Waals surface area contributed by atoms with Crippen molar-refractivity contribution in [3.63, 3.8) is 0 Å². The highest BCUT2D eigenvalue weighted by atomic mass is 15.6. The molecule has 0 N–H and O–H groups in total. The maximum Gasteiger partial charge on any atom is 0.156 e. The number of fused-ring (bicyclic) bond motifs is 1. The summed E-state index contributed by atoms with van der Waals surface area (Å²) in [6, 6.07) is 2.02. The zero-order chi connectivity index (χ0) is 7.14. The smallest absolute Gasteiger partial charge is 0.156 e. The van der Waals surface area contributed by atoms with Crippen LogP contribution in [0.15, 0.2) is 12.3 Å². The van der Waals surface area contributed by atoms with Crippen LogP contribution < -0.4 is 0 Å². The second-order valence-corrected chi connectivity index (χ2v) is 2.37. The summed E-state index contributed by atoms with van der Waals surface area (Å²) >= 11 is 0. The van der Waals surface area contributed by atoms with E-state index >= 15 is 0 Å². The van der Waals surface area contributed by atoms with E-state index in [2.05, 4.69) is 10.4 Å². The Labute approximate surface area is 58.0 Å². The average Bonchev–Trinajstić information content (AvgIpc) is 2.40. The summed E-state index contributed by atoms with van der Waals surface area (Å²) in [6.45, 7) is 2.04. The first-order chi connectivity index (χ1) is 4.79. The summed E-state index contributed by atoms with van der Waals surface area (Å²) in [5.41, 5.74) is 2.26. The lowest BCUT2D eigenvalue weighted by Crippen LogP contribution is -1.90. The molecule has 0 spiro atoms. The van der Waals surface area contributed by atoms with E-state index in [4.69, 9.17) is 0 Å². The van der Waals surface area contributed by atoms with Gasteiger partial charge in [-0.2, -0.15) is 0 Å². The summed E-state index contributed by atoms with van der Waals surface area (Å²) in [5, 5.41) is 7.71. The van der Waals surface area contributed by atoms with Crippen molar-refractivity contribution >= 4 is 5.65 Å². The van der Waals surface area contributed by atoms with Crippen molar-refractivity contribution in [1.29, 1.82) is 0 Å². The lowest BCUT2D eigenvalue weighted by molar-refractivity contribution is 0.711. The zero-order valence-electron chi connectivity index (χ0n) is 5.94. The van der Waals surface area contributed by atoms with Crippen LogP contribution in [0.4, 0.5) is 0 Å². The molecule has 2 rings (SSSR count). The first kappa shape index (κ1) is 5.46. The monoisotopic (exact) mass is 136 g/mol. The Kier molecular flexibility index (Phi) is 0.869. The number of aryl methyl sites for hydroxylation is 2. The van der Waals surface area contributed by atoms with Crippen LogP contribution in [-0.4, -0.2) is 19.6 Å². The van der Waals surface area contributed by atoms with E-state index in [1.165, 1.54) is 5.56 Å². The first-order valence-electron chi connectivity index (χ1n) is 3.12. The molecule has 0 atom stereocenters. The van der Waals surface area contributed by atoms with Gasteiger partial charge in [0.2, 0.25) is 0 Å². The first-order valence-corrected chi connectivity index (χ1v) is 3.12. The van der Waals surface area contributed by atoms with E-state index in [0.717, 1.165) is 5.65 Å². The normalized spacial score (nSPS) is 11.0. The van der Waals surface area contributed by atoms with Gasteiger partial charge in [-0.05, 0) is 29.0 Å². The van der Waals surface area contributed by atoms with Crippen LogP contribution in [-0.2, 0) is 7.05 Å². The molecule has 0 saturated carbocycles. The molecule has 0 fully saturated rings. The Morgan fingerprint density at radius 2 is 2.20 bits per heavy atom. The molecule has 0 aliphatic rings. The molecular weight excluding hydrogens is 128 g/mol. The minimum Gasteiger partial charge on any atom is -0.230 e. The van der Waals surface area contributed by atoms with Crippen molar-refractivity contribution in [2.75, 3.05) is 0 Å². The van der Waals surface area contributed by atoms with Crippen molar-refractivity contribution in [3.8, 4) is 0 Å². The van der Waals surface area contributed by atoms with Gasteiger partial charge in [0.15, 0.2) is 5.65 Å². The number of hydrogen-bond donors (Lipinski definition) is 0. The second-order valence-electron chi connectivity index (χ2n) is 2.37. The topological polar surface area (TPSA) is 35.1 Å². The Balaban J connectivity index is 2.98. The maximum atomic E-state index is 3.87. The largest absolute Gasteiger partial charge is 0.230 e. The number of nitrogens with zero attached hydrogens (tertiary/aromatic N) is 4. The van der Waals surface area contributed by atoms with E-state index in [1.54, 1.807) is 9.20 Å². The summed E-state index contributed by atoms with van der Waals surface area (Å²) in [4.78, 5) is 0. The highest BCUT2D eigenvalue weighted by molar-refractivity contribution is 5.46. The lowest BCUT2D eigenvalue weighted by Gasteiger charge is -1.86. The molecule has 2 aromatic rings. The van der Waals surface area contributed by atoms with Gasteiger partial charge in [0, 0.05) is 13.2 Å². The van der Waals surface area contributed by atoms with Crippen LogP contribution in [0.25, 0.3) is 5.65 Å². The molecule has 0 radical (unpaired) electrons. The molecule has 0 bridgehead atoms. The van der Waals surface area contributed by atoms with Gasteiger partial charge in [-0.1, -0.05) is 0 Å². The Morgan fingerprint density at radius 1 is 1.40 bits per heavy atom. The van der Waals surface area contributed by atoms with E-state index in [9.17, 15) is 0 Å². The van der Waals surface area contributed by atoms with Crippen LogP contribution in [0.3, 0.4) is 0 Å². The van der Waals surface area contributed by atoms with Gasteiger partial charge in [-0.25, -0.2) is 9.20 Å². The minimum atomic E-state index is 1.06. The predicted octanol–water partition coefficient (Wildman–Crippen LogP) is 0.376. The SMILES string of the molecule is Cc1ccn2nnn(C)c12. The van der Waals surface area contributed by atoms with Crippen LogP contribution in [0.2, 0.25) is 0 Å². The van der Waals surface area contributed by atoms with Crippen molar-refractivity contribution in [1.82, 2.24) is 19.6 Å². The standard InChI is InChI=1S/C6H8N4/c1-5-3-4-10-6(5)9(2)7-8-10/h3-4H,1-2H3. The van der Waals surface area contributed by atoms with Gasteiger partial charge in [0.05, 0.1) is 0 Å². The zero-order valence-corrected chi connectivity index (χ0v) is 5.94. The van der Waals surface area contributed by atoms with Gasteiger partial charge in [0.1, 0.15) is 0 Å². The highest BCUT2D eigenvalue weighted by Crippen LogP contribution is 2.06. The molecule has 0 amide bonds. The molecule has 10 heavy (non-hydrogen) atoms. The van der Waals surface area contributed by atoms with Crippen molar-refractivity contribution in [2.24, 2.45) is 7.05 Å². The van der Waals surface area contributed by atoms with E-state index in [1.807, 2.05) is 26.2 Å². The predicted molar refractivity (Wildman–Crippen MR) is 36.7 cm³/mol. The molecule has 4 nitrogen and oxygen atoms in total. The fourth-order valence-electron chi connectivity index (χ4n) is 1.13. The van der Waals surface area contributed by atoms with Gasteiger partial charge < -0.3 is 0 Å². The Hall–Kier alpha value is -1.32. The third kappa shape index (κ3) is 0.504. The molecule has 0 saturated heterocycles. The highest BCUT2D eigenvalue weighted by Gasteiger charge is 2.01. The molecule has 0 aliphatic carbocycles. The third-order valence-electron chi connectivity index (χ3n) is 1.61. The molecule has 52 valence electrons. The second kappa shape index (κ2) is 1.59. The van der Waals surface area contributed by atoms with E-state index < -0.39 is 0 Å². The summed E-state index contributed by atoms with van der Waals surface area (Å²) < 4.78 is 3.52. The van der Waals surface area contributed by atoms with E-state index in [0.29, 0.717) is 0 Å². The van der Waals surface area contributed by atoms with Crippen LogP contribution in [0.5, 0.6) is 0 Å². The minimum absolute atomic E-state index is 1.06. The van der Waals surface area contributed by atoms with E-state index in [-0.39, 0.29) is 0 Å². The van der Waals surface area contributed by atoms with Crippen LogP contribution in [0, 0.1) is 6.92 Å². The molecule has 4 heteroatoms. The number of aromatic nitrogens is 4. The maximum absolute atomic E-state index is 3.87. The molecule has 0 aromatic carbocycles. The average molecular weight is 136 g/mol. The van der Waals surface area contributed by atoms with Gasteiger partial charge in [-0.3, -0.25) is 0 Å². The quantitative estimate of drug-likeness (QED) is 0.524. The Morgan fingerprint density at radius 3 is 2.90 bits per heavy atom. The van der Waals surface area contributed by atoms with Gasteiger partial charge >= 0.3 is 0 Å². The molecule has 0 aliphatic heterocycles.